The third-order valence-corrected chi connectivity index (χ3v) is 7.79. The zero-order valence-electron chi connectivity index (χ0n) is 18.5. The Hall–Kier alpha value is -2.42. The van der Waals surface area contributed by atoms with Crippen molar-refractivity contribution >= 4 is 23.5 Å². The lowest BCUT2D eigenvalue weighted by Crippen LogP contribution is -1.94. The molecule has 0 saturated heterocycles. The first-order valence-corrected chi connectivity index (χ1v) is 13.6. The average molecular weight is 455 g/mol. The molecule has 0 fully saturated rings. The molecule has 0 bridgehead atoms. The molecule has 0 aliphatic rings. The summed E-state index contributed by atoms with van der Waals surface area (Å²) in [5.74, 6) is 4.87. The second-order valence-electron chi connectivity index (χ2n) is 7.85. The van der Waals surface area contributed by atoms with E-state index in [0.29, 0.717) is 0 Å². The van der Waals surface area contributed by atoms with Crippen LogP contribution in [0.5, 0.6) is 0 Å². The van der Waals surface area contributed by atoms with Crippen molar-refractivity contribution in [3.63, 3.8) is 0 Å². The first kappa shape index (κ1) is 22.8. The molecule has 4 rings (SSSR count). The van der Waals surface area contributed by atoms with Crippen molar-refractivity contribution in [3.05, 3.63) is 120 Å². The van der Waals surface area contributed by atoms with Gasteiger partial charge in [-0.2, -0.15) is 23.5 Å². The summed E-state index contributed by atoms with van der Waals surface area (Å²) >= 11 is 4.15. The summed E-state index contributed by atoms with van der Waals surface area (Å²) in [6.07, 6.45) is 2.30. The molecule has 0 unspecified atom stereocenters. The van der Waals surface area contributed by atoms with E-state index in [9.17, 15) is 0 Å². The van der Waals surface area contributed by atoms with Gasteiger partial charge in [-0.1, -0.05) is 109 Å². The fourth-order valence-corrected chi connectivity index (χ4v) is 5.80. The number of benzene rings is 4. The van der Waals surface area contributed by atoms with Gasteiger partial charge in [0.15, 0.2) is 0 Å². The highest BCUT2D eigenvalue weighted by Gasteiger charge is 2.00. The Balaban J connectivity index is 1.08. The summed E-state index contributed by atoms with van der Waals surface area (Å²) in [5.41, 5.74) is 8.05. The number of thioether (sulfide) groups is 2. The second kappa shape index (κ2) is 12.6. The third kappa shape index (κ3) is 7.05. The third-order valence-electron chi connectivity index (χ3n) is 5.56. The molecule has 0 aliphatic heterocycles. The van der Waals surface area contributed by atoms with Gasteiger partial charge in [-0.3, -0.25) is 0 Å². The van der Waals surface area contributed by atoms with Crippen LogP contribution in [0.15, 0.2) is 109 Å². The number of hydrogen-bond acceptors (Lipinski definition) is 2. The van der Waals surface area contributed by atoms with Gasteiger partial charge in [-0.15, -0.1) is 0 Å². The largest absolute Gasteiger partial charge is 0.161 e. The smallest absolute Gasteiger partial charge is 0.00237 e. The molecule has 0 atom stereocenters. The quantitative estimate of drug-likeness (QED) is 0.209. The normalized spacial score (nSPS) is 10.9. The molecule has 0 radical (unpaired) electrons. The van der Waals surface area contributed by atoms with E-state index in [1.165, 1.54) is 56.4 Å². The summed E-state index contributed by atoms with van der Waals surface area (Å²) in [4.78, 5) is 0. The van der Waals surface area contributed by atoms with E-state index in [1.54, 1.807) is 0 Å². The molecule has 4 aromatic carbocycles. The summed E-state index contributed by atoms with van der Waals surface area (Å²) in [5, 5.41) is 0. The molecule has 0 aromatic heterocycles. The van der Waals surface area contributed by atoms with Crippen LogP contribution in [0.1, 0.15) is 11.1 Å². The van der Waals surface area contributed by atoms with Gasteiger partial charge >= 0.3 is 0 Å². The van der Waals surface area contributed by atoms with Crippen LogP contribution in [-0.4, -0.2) is 23.0 Å². The van der Waals surface area contributed by atoms with Crippen molar-refractivity contribution in [2.45, 2.75) is 12.8 Å². The van der Waals surface area contributed by atoms with Crippen molar-refractivity contribution < 1.29 is 0 Å². The van der Waals surface area contributed by atoms with Crippen LogP contribution < -0.4 is 0 Å². The van der Waals surface area contributed by atoms with E-state index in [-0.39, 0.29) is 0 Å². The molecule has 0 spiro atoms. The maximum atomic E-state index is 2.28. The lowest BCUT2D eigenvalue weighted by Gasteiger charge is -2.06. The van der Waals surface area contributed by atoms with Crippen molar-refractivity contribution in [3.8, 4) is 22.3 Å². The van der Waals surface area contributed by atoms with Crippen LogP contribution in [0.3, 0.4) is 0 Å². The van der Waals surface area contributed by atoms with Gasteiger partial charge < -0.3 is 0 Å². The predicted octanol–water partition coefficient (Wildman–Crippen LogP) is 8.27. The molecular formula is C30H30S2. The maximum Gasteiger partial charge on any atom is 0.00237 e. The molecule has 2 heteroatoms. The van der Waals surface area contributed by atoms with Crippen molar-refractivity contribution in [1.29, 1.82) is 0 Å². The van der Waals surface area contributed by atoms with E-state index in [4.69, 9.17) is 0 Å². The lowest BCUT2D eigenvalue weighted by atomic mass is 10.0. The Kier molecular flexibility index (Phi) is 8.94. The lowest BCUT2D eigenvalue weighted by molar-refractivity contribution is 1.15. The molecule has 4 aromatic rings. The Morgan fingerprint density at radius 1 is 0.344 bits per heavy atom. The highest BCUT2D eigenvalue weighted by atomic mass is 32.2. The molecule has 32 heavy (non-hydrogen) atoms. The van der Waals surface area contributed by atoms with Crippen LogP contribution in [0.25, 0.3) is 22.3 Å². The van der Waals surface area contributed by atoms with E-state index in [0.717, 1.165) is 12.8 Å². The Morgan fingerprint density at radius 3 is 1.06 bits per heavy atom. The maximum absolute atomic E-state index is 2.28. The Bertz CT molecular complexity index is 951. The van der Waals surface area contributed by atoms with Gasteiger partial charge in [0, 0.05) is 11.5 Å². The molecule has 0 amide bonds. The fraction of sp³-hybridized carbons (Fsp3) is 0.200. The van der Waals surface area contributed by atoms with E-state index in [1.807, 2.05) is 0 Å². The minimum absolute atomic E-state index is 1.15. The molecule has 0 aliphatic carbocycles. The summed E-state index contributed by atoms with van der Waals surface area (Å²) in [6.45, 7) is 0. The van der Waals surface area contributed by atoms with Crippen LogP contribution >= 0.6 is 23.5 Å². The molecule has 0 saturated carbocycles. The summed E-state index contributed by atoms with van der Waals surface area (Å²) < 4.78 is 0. The minimum atomic E-state index is 1.15. The van der Waals surface area contributed by atoms with Crippen LogP contribution in [0.2, 0.25) is 0 Å². The van der Waals surface area contributed by atoms with E-state index < -0.39 is 0 Å². The standard InChI is InChI=1S/C30H30S2/c1-3-7-27(8-4-1)29-15-11-25(12-16-29)19-21-31-23-24-32-22-20-26-13-17-30(18-14-26)28-9-5-2-6-10-28/h1-18H,19-24H2. The average Bonchev–Trinajstić information content (AvgIpc) is 2.87. The van der Waals surface area contributed by atoms with Crippen molar-refractivity contribution in [2.24, 2.45) is 0 Å². The molecule has 162 valence electrons. The van der Waals surface area contributed by atoms with Crippen molar-refractivity contribution in [2.75, 3.05) is 23.0 Å². The monoisotopic (exact) mass is 454 g/mol. The first-order valence-electron chi connectivity index (χ1n) is 11.3. The van der Waals surface area contributed by atoms with E-state index >= 15 is 0 Å². The molecule has 0 nitrogen and oxygen atoms in total. The summed E-state index contributed by atoms with van der Waals surface area (Å²) in [6, 6.07) is 39.3. The van der Waals surface area contributed by atoms with Gasteiger partial charge in [0.25, 0.3) is 0 Å². The molecule has 0 heterocycles. The van der Waals surface area contributed by atoms with Crippen LogP contribution in [0, 0.1) is 0 Å². The van der Waals surface area contributed by atoms with Gasteiger partial charge in [0.1, 0.15) is 0 Å². The SMILES string of the molecule is c1ccc(-c2ccc(CCSCCSCCc3ccc(-c4ccccc4)cc3)cc2)cc1. The van der Waals surface area contributed by atoms with Crippen molar-refractivity contribution in [1.82, 2.24) is 0 Å². The van der Waals surface area contributed by atoms with Gasteiger partial charge in [0.05, 0.1) is 0 Å². The summed E-state index contributed by atoms with van der Waals surface area (Å²) in [7, 11) is 0. The highest BCUT2D eigenvalue weighted by Crippen LogP contribution is 2.21. The fourth-order valence-electron chi connectivity index (χ4n) is 3.69. The Labute approximate surface area is 201 Å². The topological polar surface area (TPSA) is 0 Å². The zero-order chi connectivity index (χ0) is 21.8. The van der Waals surface area contributed by atoms with E-state index in [2.05, 4.69) is 133 Å². The number of hydrogen-bond donors (Lipinski definition) is 0. The predicted molar refractivity (Wildman–Crippen MR) is 146 cm³/mol. The number of rotatable bonds is 11. The molecular weight excluding hydrogens is 424 g/mol. The molecule has 0 N–H and O–H groups in total. The zero-order valence-corrected chi connectivity index (χ0v) is 20.1. The van der Waals surface area contributed by atoms with Gasteiger partial charge in [0.2, 0.25) is 0 Å². The van der Waals surface area contributed by atoms with Crippen LogP contribution in [-0.2, 0) is 12.8 Å². The number of aryl methyl sites for hydroxylation is 2. The van der Waals surface area contributed by atoms with Crippen LogP contribution in [0.4, 0.5) is 0 Å². The Morgan fingerprint density at radius 2 is 0.688 bits per heavy atom. The van der Waals surface area contributed by atoms with Gasteiger partial charge in [-0.05, 0) is 57.7 Å². The first-order chi connectivity index (χ1) is 15.9. The second-order valence-corrected chi connectivity index (χ2v) is 10.3. The van der Waals surface area contributed by atoms with Gasteiger partial charge in [-0.25, -0.2) is 0 Å². The minimum Gasteiger partial charge on any atom is -0.161 e. The highest BCUT2D eigenvalue weighted by molar-refractivity contribution is 8.02.